The Morgan fingerprint density at radius 2 is 1.43 bits per heavy atom. The molecular weight excluding hydrogens is 316 g/mol. The monoisotopic (exact) mass is 350 g/mol. The van der Waals surface area contributed by atoms with Gasteiger partial charge in [0.1, 0.15) is 10.9 Å². The van der Waals surface area contributed by atoms with Gasteiger partial charge in [0.25, 0.3) is 10.1 Å². The zero-order chi connectivity index (χ0) is 17.9. The molecule has 0 fully saturated rings. The summed E-state index contributed by atoms with van der Waals surface area (Å²) >= 11 is 0. The van der Waals surface area contributed by atoms with Crippen LogP contribution >= 0.6 is 0 Å². The number of rotatable bonds is 14. The molecule has 0 aliphatic rings. The van der Waals surface area contributed by atoms with Crippen LogP contribution in [0.4, 0.5) is 0 Å². The fourth-order valence-corrected chi connectivity index (χ4v) is 3.67. The predicted octanol–water partition coefficient (Wildman–Crippen LogP) is 2.76. The number of carbonyl (C=O) groups is 1. The van der Waals surface area contributed by atoms with Crippen molar-refractivity contribution in [1.29, 1.82) is 0 Å². The van der Waals surface area contributed by atoms with Crippen molar-refractivity contribution >= 4 is 15.9 Å². The molecule has 23 heavy (non-hydrogen) atoms. The third-order valence-electron chi connectivity index (χ3n) is 4.09. The molecule has 0 heterocycles. The number of hydrogen-bond donors (Lipinski definition) is 3. The smallest absolute Gasteiger partial charge is 0.275 e. The second kappa shape index (κ2) is 11.1. The van der Waals surface area contributed by atoms with Crippen LogP contribution in [0.25, 0.3) is 0 Å². The van der Waals surface area contributed by atoms with Crippen LogP contribution in [0.2, 0.25) is 0 Å². The summed E-state index contributed by atoms with van der Waals surface area (Å²) < 4.78 is 32.3. The van der Waals surface area contributed by atoms with Crippen LogP contribution in [0.3, 0.4) is 0 Å². The standard InChI is InChI=1S/C16H34N2O4S/c1-3-5-6-7-8-9-10-11-12-14(23(20,21)22)15(19)16(17,18)13-4-2/h14H,3-13,17-18H2,1-2H3,(H,20,21,22). The average Bonchev–Trinajstić information content (AvgIpc) is 2.43. The highest BCUT2D eigenvalue weighted by molar-refractivity contribution is 7.87. The lowest BCUT2D eigenvalue weighted by Gasteiger charge is -2.26. The Morgan fingerprint density at radius 1 is 0.957 bits per heavy atom. The fourth-order valence-electron chi connectivity index (χ4n) is 2.72. The van der Waals surface area contributed by atoms with E-state index in [1.807, 2.05) is 6.92 Å². The van der Waals surface area contributed by atoms with Crippen molar-refractivity contribution < 1.29 is 17.8 Å². The molecular formula is C16H34N2O4S. The maximum atomic E-state index is 12.3. The Hall–Kier alpha value is -0.500. The number of nitrogens with two attached hydrogens (primary N) is 2. The van der Waals surface area contributed by atoms with Gasteiger partial charge in [0.05, 0.1) is 0 Å². The zero-order valence-electron chi connectivity index (χ0n) is 14.6. The molecule has 138 valence electrons. The fraction of sp³-hybridized carbons (Fsp3) is 0.938. The summed E-state index contributed by atoms with van der Waals surface area (Å²) in [7, 11) is -4.48. The molecule has 5 N–H and O–H groups in total. The molecule has 0 aromatic heterocycles. The summed E-state index contributed by atoms with van der Waals surface area (Å²) in [5.41, 5.74) is 9.74. The Labute approximate surface area is 141 Å². The van der Waals surface area contributed by atoms with E-state index in [0.29, 0.717) is 12.8 Å². The van der Waals surface area contributed by atoms with Crippen molar-refractivity contribution in [2.45, 2.75) is 95.4 Å². The van der Waals surface area contributed by atoms with Crippen molar-refractivity contribution in [3.05, 3.63) is 0 Å². The van der Waals surface area contributed by atoms with Gasteiger partial charge in [0, 0.05) is 0 Å². The Morgan fingerprint density at radius 3 is 1.87 bits per heavy atom. The minimum Gasteiger partial charge on any atom is -0.307 e. The van der Waals surface area contributed by atoms with Crippen molar-refractivity contribution in [1.82, 2.24) is 0 Å². The molecule has 0 saturated carbocycles. The number of carbonyl (C=O) groups excluding carboxylic acids is 1. The van der Waals surface area contributed by atoms with Crippen LogP contribution < -0.4 is 11.5 Å². The van der Waals surface area contributed by atoms with Crippen LogP contribution in [-0.2, 0) is 14.9 Å². The topological polar surface area (TPSA) is 123 Å². The van der Waals surface area contributed by atoms with Crippen molar-refractivity contribution in [3.63, 3.8) is 0 Å². The first-order valence-electron chi connectivity index (χ1n) is 8.75. The second-order valence-electron chi connectivity index (χ2n) is 6.42. The average molecular weight is 351 g/mol. The molecule has 0 amide bonds. The minimum absolute atomic E-state index is 0.0759. The lowest BCUT2D eigenvalue weighted by molar-refractivity contribution is -0.124. The molecule has 1 unspecified atom stereocenters. The molecule has 7 heteroatoms. The normalized spacial score (nSPS) is 14.0. The highest BCUT2D eigenvalue weighted by Crippen LogP contribution is 2.18. The molecule has 0 bridgehead atoms. The van der Waals surface area contributed by atoms with Crippen molar-refractivity contribution in [3.8, 4) is 0 Å². The highest BCUT2D eigenvalue weighted by atomic mass is 32.2. The summed E-state index contributed by atoms with van der Waals surface area (Å²) in [6.45, 7) is 3.97. The number of hydrogen-bond acceptors (Lipinski definition) is 5. The predicted molar refractivity (Wildman–Crippen MR) is 93.6 cm³/mol. The van der Waals surface area contributed by atoms with Gasteiger partial charge in [0.2, 0.25) is 0 Å². The Kier molecular flexibility index (Phi) is 10.9. The van der Waals surface area contributed by atoms with E-state index in [1.54, 1.807) is 0 Å². The van der Waals surface area contributed by atoms with Gasteiger partial charge in [0.15, 0.2) is 5.78 Å². The third kappa shape index (κ3) is 9.39. The molecule has 0 spiro atoms. The second-order valence-corrected chi connectivity index (χ2v) is 8.02. The maximum Gasteiger partial charge on any atom is 0.275 e. The summed E-state index contributed by atoms with van der Waals surface area (Å²) in [6.07, 6.45) is 9.19. The van der Waals surface area contributed by atoms with Crippen LogP contribution in [0.5, 0.6) is 0 Å². The van der Waals surface area contributed by atoms with Crippen LogP contribution in [0.1, 0.15) is 84.5 Å². The van der Waals surface area contributed by atoms with E-state index in [1.165, 1.54) is 25.7 Å². The van der Waals surface area contributed by atoms with Gasteiger partial charge in [-0.2, -0.15) is 8.42 Å². The van der Waals surface area contributed by atoms with Gasteiger partial charge in [-0.1, -0.05) is 71.6 Å². The van der Waals surface area contributed by atoms with Gasteiger partial charge in [-0.15, -0.1) is 0 Å². The Bertz CT molecular complexity index is 435. The maximum absolute atomic E-state index is 12.3. The van der Waals surface area contributed by atoms with Crippen molar-refractivity contribution in [2.75, 3.05) is 0 Å². The lowest BCUT2D eigenvalue weighted by Crippen LogP contribution is -2.60. The molecule has 0 aromatic carbocycles. The first-order valence-corrected chi connectivity index (χ1v) is 10.3. The van der Waals surface area contributed by atoms with Crippen LogP contribution in [0, 0.1) is 0 Å². The third-order valence-corrected chi connectivity index (χ3v) is 5.26. The van der Waals surface area contributed by atoms with Gasteiger partial charge >= 0.3 is 0 Å². The molecule has 0 rings (SSSR count). The van der Waals surface area contributed by atoms with Gasteiger partial charge in [-0.3, -0.25) is 9.35 Å². The van der Waals surface area contributed by atoms with E-state index in [-0.39, 0.29) is 12.8 Å². The van der Waals surface area contributed by atoms with E-state index >= 15 is 0 Å². The van der Waals surface area contributed by atoms with E-state index in [9.17, 15) is 17.8 Å². The van der Waals surface area contributed by atoms with E-state index in [2.05, 4.69) is 6.92 Å². The van der Waals surface area contributed by atoms with E-state index in [0.717, 1.165) is 19.3 Å². The zero-order valence-corrected chi connectivity index (χ0v) is 15.4. The molecule has 6 nitrogen and oxygen atoms in total. The molecule has 0 aromatic rings. The van der Waals surface area contributed by atoms with E-state index < -0.39 is 26.8 Å². The van der Waals surface area contributed by atoms with Crippen molar-refractivity contribution in [2.24, 2.45) is 11.5 Å². The van der Waals surface area contributed by atoms with Gasteiger partial charge in [-0.25, -0.2) is 0 Å². The number of Topliss-reactive ketones (excluding diaryl/α,β-unsaturated/α-hetero) is 1. The molecule has 0 saturated heterocycles. The highest BCUT2D eigenvalue weighted by Gasteiger charge is 2.40. The first-order chi connectivity index (χ1) is 10.7. The molecule has 0 radical (unpaired) electrons. The summed E-state index contributed by atoms with van der Waals surface area (Å²) in [5.74, 6) is -0.787. The minimum atomic E-state index is -4.48. The number of ketones is 1. The SMILES string of the molecule is CCCCCCCCCCC(C(=O)C(N)(N)CCC)S(=O)(=O)O. The summed E-state index contributed by atoms with van der Waals surface area (Å²) in [4.78, 5) is 12.3. The lowest BCUT2D eigenvalue weighted by atomic mass is 9.95. The summed E-state index contributed by atoms with van der Waals surface area (Å²) in [6, 6.07) is 0. The molecule has 0 aliphatic carbocycles. The van der Waals surface area contributed by atoms with Gasteiger partial charge in [-0.05, 0) is 12.8 Å². The summed E-state index contributed by atoms with van der Waals surface area (Å²) in [5, 5.41) is -1.51. The van der Waals surface area contributed by atoms with Gasteiger partial charge < -0.3 is 11.5 Å². The number of unbranched alkanes of at least 4 members (excludes halogenated alkanes) is 7. The largest absolute Gasteiger partial charge is 0.307 e. The Balaban J connectivity index is 4.36. The van der Waals surface area contributed by atoms with Crippen LogP contribution in [-0.4, -0.2) is 29.7 Å². The first kappa shape index (κ1) is 22.5. The van der Waals surface area contributed by atoms with E-state index in [4.69, 9.17) is 11.5 Å². The molecule has 0 aliphatic heterocycles. The molecule has 1 atom stereocenters. The van der Waals surface area contributed by atoms with Crippen LogP contribution in [0.15, 0.2) is 0 Å². The quantitative estimate of drug-likeness (QED) is 0.251.